The van der Waals surface area contributed by atoms with Crippen LogP contribution in [0.25, 0.3) is 11.3 Å². The maximum atomic E-state index is 12.4. The molecule has 0 aliphatic carbocycles. The fraction of sp³-hybridized carbons (Fsp3) is 0.368. The van der Waals surface area contributed by atoms with Crippen molar-refractivity contribution < 1.29 is 19.2 Å². The first-order valence-corrected chi connectivity index (χ1v) is 10.4. The predicted molar refractivity (Wildman–Crippen MR) is 110 cm³/mol. The number of aromatic nitrogens is 2. The van der Waals surface area contributed by atoms with Crippen LogP contribution < -0.4 is 0 Å². The molecule has 0 unspecified atom stereocenters. The molecule has 10 nitrogen and oxygen atoms in total. The number of hydrogen-bond donors (Lipinski definition) is 0. The molecule has 0 saturated carbocycles. The van der Waals surface area contributed by atoms with Crippen molar-refractivity contribution in [3.8, 4) is 11.3 Å². The Bertz CT molecular complexity index is 916. The summed E-state index contributed by atoms with van der Waals surface area (Å²) in [6, 6.07) is 9.63. The van der Waals surface area contributed by atoms with Crippen LogP contribution in [0.5, 0.6) is 0 Å². The minimum absolute atomic E-state index is 0.0126. The number of piperazine rings is 1. The largest absolute Gasteiger partial charge is 0.450 e. The van der Waals surface area contributed by atoms with Crippen molar-refractivity contribution in [3.63, 3.8) is 0 Å². The Morgan fingerprint density at radius 1 is 1.13 bits per heavy atom. The van der Waals surface area contributed by atoms with Gasteiger partial charge < -0.3 is 14.5 Å². The molecule has 158 valence electrons. The van der Waals surface area contributed by atoms with Gasteiger partial charge in [0, 0.05) is 43.9 Å². The molecule has 0 N–H and O–H groups in total. The number of amides is 2. The lowest BCUT2D eigenvalue weighted by atomic mass is 10.1. The fourth-order valence-electron chi connectivity index (χ4n) is 2.91. The second kappa shape index (κ2) is 10.0. The molecular formula is C19H21N5O5S. The molecule has 1 aliphatic rings. The Balaban J connectivity index is 1.51. The van der Waals surface area contributed by atoms with E-state index in [0.717, 1.165) is 0 Å². The third kappa shape index (κ3) is 5.44. The smallest absolute Gasteiger partial charge is 0.409 e. The van der Waals surface area contributed by atoms with Gasteiger partial charge in [-0.2, -0.15) is 0 Å². The summed E-state index contributed by atoms with van der Waals surface area (Å²) in [5.74, 6) is 0.178. The van der Waals surface area contributed by atoms with Crippen LogP contribution in [0.2, 0.25) is 0 Å². The van der Waals surface area contributed by atoms with E-state index >= 15 is 0 Å². The first kappa shape index (κ1) is 21.5. The van der Waals surface area contributed by atoms with Crippen molar-refractivity contribution in [1.82, 2.24) is 20.0 Å². The Kier molecular flexibility index (Phi) is 7.17. The van der Waals surface area contributed by atoms with Gasteiger partial charge in [-0.25, -0.2) is 4.79 Å². The fourth-order valence-corrected chi connectivity index (χ4v) is 3.63. The average molecular weight is 431 g/mol. The molecule has 0 spiro atoms. The molecule has 3 rings (SSSR count). The van der Waals surface area contributed by atoms with Crippen LogP contribution in [0, 0.1) is 10.1 Å². The highest BCUT2D eigenvalue weighted by Crippen LogP contribution is 2.23. The molecule has 11 heteroatoms. The van der Waals surface area contributed by atoms with E-state index < -0.39 is 4.92 Å². The van der Waals surface area contributed by atoms with Crippen molar-refractivity contribution in [2.75, 3.05) is 38.5 Å². The van der Waals surface area contributed by atoms with Crippen LogP contribution in [0.15, 0.2) is 41.4 Å². The Morgan fingerprint density at radius 2 is 1.87 bits per heavy atom. The summed E-state index contributed by atoms with van der Waals surface area (Å²) in [4.78, 5) is 37.9. The number of nitrogens with zero attached hydrogens (tertiary/aromatic N) is 5. The Morgan fingerprint density at radius 3 is 2.50 bits per heavy atom. The normalized spacial score (nSPS) is 13.8. The Hall–Kier alpha value is -3.21. The zero-order chi connectivity index (χ0) is 21.5. The van der Waals surface area contributed by atoms with Gasteiger partial charge in [-0.05, 0) is 19.1 Å². The zero-order valence-corrected chi connectivity index (χ0v) is 17.2. The van der Waals surface area contributed by atoms with E-state index in [0.29, 0.717) is 49.1 Å². The number of carbonyl (C=O) groups excluding carboxylic acids is 2. The van der Waals surface area contributed by atoms with Crippen LogP contribution in [-0.4, -0.2) is 75.5 Å². The third-order valence-corrected chi connectivity index (χ3v) is 5.40. The van der Waals surface area contributed by atoms with Crippen LogP contribution in [0.3, 0.4) is 0 Å². The highest BCUT2D eigenvalue weighted by Gasteiger charge is 2.24. The van der Waals surface area contributed by atoms with Gasteiger partial charge in [0.2, 0.25) is 5.91 Å². The second-order valence-electron chi connectivity index (χ2n) is 6.42. The molecule has 0 atom stereocenters. The van der Waals surface area contributed by atoms with E-state index in [2.05, 4.69) is 10.2 Å². The van der Waals surface area contributed by atoms with Crippen LogP contribution in [0.4, 0.5) is 10.5 Å². The molecule has 1 saturated heterocycles. The minimum Gasteiger partial charge on any atom is -0.450 e. The monoisotopic (exact) mass is 431 g/mol. The van der Waals surface area contributed by atoms with Crippen molar-refractivity contribution in [1.29, 1.82) is 0 Å². The van der Waals surface area contributed by atoms with Crippen LogP contribution in [-0.2, 0) is 9.53 Å². The summed E-state index contributed by atoms with van der Waals surface area (Å²) >= 11 is 1.27. The van der Waals surface area contributed by atoms with E-state index in [1.54, 1.807) is 41.0 Å². The van der Waals surface area contributed by atoms with Gasteiger partial charge >= 0.3 is 6.09 Å². The molecule has 1 fully saturated rings. The summed E-state index contributed by atoms with van der Waals surface area (Å²) in [5, 5.41) is 19.7. The van der Waals surface area contributed by atoms with Gasteiger partial charge in [0.05, 0.1) is 23.0 Å². The lowest BCUT2D eigenvalue weighted by molar-refractivity contribution is -0.384. The molecule has 1 aliphatic heterocycles. The quantitative estimate of drug-likeness (QED) is 0.389. The predicted octanol–water partition coefficient (Wildman–Crippen LogP) is 2.44. The van der Waals surface area contributed by atoms with Crippen molar-refractivity contribution in [2.24, 2.45) is 0 Å². The first-order chi connectivity index (χ1) is 14.5. The number of thioether (sulfide) groups is 1. The highest BCUT2D eigenvalue weighted by molar-refractivity contribution is 7.99. The Labute approximate surface area is 177 Å². The number of nitro groups is 1. The third-order valence-electron chi connectivity index (χ3n) is 4.49. The number of non-ortho nitro benzene ring substituents is 1. The van der Waals surface area contributed by atoms with E-state index in [1.165, 1.54) is 23.9 Å². The first-order valence-electron chi connectivity index (χ1n) is 9.38. The second-order valence-corrected chi connectivity index (χ2v) is 7.42. The van der Waals surface area contributed by atoms with E-state index in [-0.39, 0.29) is 23.4 Å². The molecule has 0 radical (unpaired) electrons. The summed E-state index contributed by atoms with van der Waals surface area (Å²) in [7, 11) is 0. The number of hydrogen-bond acceptors (Lipinski definition) is 8. The van der Waals surface area contributed by atoms with Gasteiger partial charge in [0.15, 0.2) is 0 Å². The van der Waals surface area contributed by atoms with Gasteiger partial charge in [0.25, 0.3) is 5.69 Å². The SMILES string of the molecule is CCOC(=O)N1CCN(C(=O)CSc2ccc(-c3cccc([N+](=O)[O-])c3)nn2)CC1. The topological polar surface area (TPSA) is 119 Å². The standard InChI is InChI=1S/C19H21N5O5S/c1-2-29-19(26)23-10-8-22(9-11-23)18(25)13-30-17-7-6-16(20-21-17)14-4-3-5-15(12-14)24(27)28/h3-7,12H,2,8-11,13H2,1H3. The van der Waals surface area contributed by atoms with Crippen molar-refractivity contribution in [3.05, 3.63) is 46.5 Å². The number of nitro benzene ring substituents is 1. The van der Waals surface area contributed by atoms with E-state index in [1.807, 2.05) is 0 Å². The number of benzene rings is 1. The molecule has 2 heterocycles. The molecule has 1 aromatic carbocycles. The van der Waals surface area contributed by atoms with Crippen LogP contribution >= 0.6 is 11.8 Å². The maximum absolute atomic E-state index is 12.4. The number of ether oxygens (including phenoxy) is 1. The lowest BCUT2D eigenvalue weighted by Crippen LogP contribution is -2.51. The lowest BCUT2D eigenvalue weighted by Gasteiger charge is -2.34. The van der Waals surface area contributed by atoms with Gasteiger partial charge in [0.1, 0.15) is 5.03 Å². The van der Waals surface area contributed by atoms with E-state index in [9.17, 15) is 19.7 Å². The molecule has 2 amide bonds. The molecule has 0 bridgehead atoms. The number of rotatable bonds is 6. The molecular weight excluding hydrogens is 410 g/mol. The highest BCUT2D eigenvalue weighted by atomic mass is 32.2. The van der Waals surface area contributed by atoms with Crippen molar-refractivity contribution in [2.45, 2.75) is 11.9 Å². The average Bonchev–Trinajstić information content (AvgIpc) is 2.78. The van der Waals surface area contributed by atoms with Gasteiger partial charge in [-0.15, -0.1) is 10.2 Å². The van der Waals surface area contributed by atoms with Crippen molar-refractivity contribution >= 4 is 29.4 Å². The summed E-state index contributed by atoms with van der Waals surface area (Å²) in [6.07, 6.45) is -0.349. The zero-order valence-electron chi connectivity index (χ0n) is 16.4. The van der Waals surface area contributed by atoms with Gasteiger partial charge in [-0.3, -0.25) is 14.9 Å². The summed E-state index contributed by atoms with van der Waals surface area (Å²) < 4.78 is 4.97. The minimum atomic E-state index is -0.459. The molecule has 2 aromatic rings. The summed E-state index contributed by atoms with van der Waals surface area (Å²) in [5.41, 5.74) is 1.11. The molecule has 30 heavy (non-hydrogen) atoms. The van der Waals surface area contributed by atoms with Gasteiger partial charge in [-0.1, -0.05) is 23.9 Å². The summed E-state index contributed by atoms with van der Waals surface area (Å²) in [6.45, 7) is 3.93. The van der Waals surface area contributed by atoms with E-state index in [4.69, 9.17) is 4.74 Å². The molecule has 1 aromatic heterocycles. The number of carbonyl (C=O) groups is 2. The maximum Gasteiger partial charge on any atom is 0.409 e. The van der Waals surface area contributed by atoms with Crippen LogP contribution in [0.1, 0.15) is 6.92 Å².